The Balaban J connectivity index is 1.47. The van der Waals surface area contributed by atoms with Crippen LogP contribution in [0.3, 0.4) is 0 Å². The summed E-state index contributed by atoms with van der Waals surface area (Å²) in [5.41, 5.74) is 6.01. The normalized spacial score (nSPS) is 12.4. The molecule has 164 valence electrons. The fraction of sp³-hybridized carbons (Fsp3) is 0.179. The molecular formula is C28H25N3O2. The number of hydrogen-bond acceptors (Lipinski definition) is 3. The number of nitrogens with zero attached hydrogens (tertiary/aromatic N) is 2. The standard InChI is InChI=1S/C28H25N3O2/c1-28(2,3)25-16-24(31(30-25)17-18-9-5-4-6-10-18)27(33)29-19-13-14-22-23(15-19)20-11-7-8-12-21(20)26(22)32/h4-16H,17H2,1-3H3,(H,29,33). The minimum Gasteiger partial charge on any atom is -0.321 e. The van der Waals surface area contributed by atoms with Crippen LogP contribution in [0.25, 0.3) is 11.1 Å². The van der Waals surface area contributed by atoms with E-state index < -0.39 is 0 Å². The highest BCUT2D eigenvalue weighted by atomic mass is 16.2. The molecule has 0 fully saturated rings. The number of carbonyl (C=O) groups is 2. The number of benzene rings is 3. The van der Waals surface area contributed by atoms with Crippen molar-refractivity contribution in [1.82, 2.24) is 9.78 Å². The number of hydrogen-bond donors (Lipinski definition) is 1. The first kappa shape index (κ1) is 20.9. The third kappa shape index (κ3) is 3.87. The summed E-state index contributed by atoms with van der Waals surface area (Å²) in [6.07, 6.45) is 0. The number of anilines is 1. The molecule has 1 aliphatic carbocycles. The number of amides is 1. The maximum absolute atomic E-state index is 13.3. The van der Waals surface area contributed by atoms with Crippen LogP contribution in [-0.2, 0) is 12.0 Å². The summed E-state index contributed by atoms with van der Waals surface area (Å²) in [6, 6.07) is 24.8. The summed E-state index contributed by atoms with van der Waals surface area (Å²) in [5.74, 6) is -0.208. The molecule has 33 heavy (non-hydrogen) atoms. The second-order valence-electron chi connectivity index (χ2n) is 9.40. The lowest BCUT2D eigenvalue weighted by molar-refractivity contribution is 0.101. The summed E-state index contributed by atoms with van der Waals surface area (Å²) in [6.45, 7) is 6.75. The van der Waals surface area contributed by atoms with Gasteiger partial charge in [0.2, 0.25) is 0 Å². The molecule has 4 aromatic rings. The number of fused-ring (bicyclic) bond motifs is 3. The van der Waals surface area contributed by atoms with Gasteiger partial charge < -0.3 is 5.32 Å². The van der Waals surface area contributed by atoms with Gasteiger partial charge in [0.05, 0.1) is 12.2 Å². The van der Waals surface area contributed by atoms with E-state index in [1.807, 2.05) is 66.7 Å². The molecule has 1 aromatic heterocycles. The second-order valence-corrected chi connectivity index (χ2v) is 9.40. The molecule has 0 spiro atoms. The summed E-state index contributed by atoms with van der Waals surface area (Å²) >= 11 is 0. The van der Waals surface area contributed by atoms with Gasteiger partial charge in [0, 0.05) is 22.2 Å². The third-order valence-electron chi connectivity index (χ3n) is 5.94. The average molecular weight is 436 g/mol. The highest BCUT2D eigenvalue weighted by Gasteiger charge is 2.27. The van der Waals surface area contributed by atoms with Gasteiger partial charge in [-0.1, -0.05) is 75.4 Å². The second kappa shape index (κ2) is 7.85. The van der Waals surface area contributed by atoms with Crippen molar-refractivity contribution in [2.45, 2.75) is 32.7 Å². The van der Waals surface area contributed by atoms with Gasteiger partial charge in [0.1, 0.15) is 5.69 Å². The Bertz CT molecular complexity index is 1380. The largest absolute Gasteiger partial charge is 0.321 e. The first-order valence-corrected chi connectivity index (χ1v) is 11.0. The molecule has 0 bridgehead atoms. The molecular weight excluding hydrogens is 410 g/mol. The molecule has 1 heterocycles. The van der Waals surface area contributed by atoms with Crippen molar-refractivity contribution >= 4 is 17.4 Å². The van der Waals surface area contributed by atoms with E-state index in [-0.39, 0.29) is 17.1 Å². The van der Waals surface area contributed by atoms with E-state index in [0.717, 1.165) is 22.4 Å². The molecule has 1 N–H and O–H groups in total. The van der Waals surface area contributed by atoms with Crippen LogP contribution >= 0.6 is 0 Å². The van der Waals surface area contributed by atoms with Gasteiger partial charge in [-0.3, -0.25) is 14.3 Å². The number of nitrogens with one attached hydrogen (secondary N) is 1. The molecule has 0 unspecified atom stereocenters. The Morgan fingerprint density at radius 2 is 1.52 bits per heavy atom. The van der Waals surface area contributed by atoms with Crippen molar-refractivity contribution in [3.05, 3.63) is 107 Å². The molecule has 3 aromatic carbocycles. The minimum absolute atomic E-state index is 0.0224. The SMILES string of the molecule is CC(C)(C)c1cc(C(=O)Nc2ccc3c(c2)-c2ccccc2C3=O)n(Cc2ccccc2)n1. The van der Waals surface area contributed by atoms with Crippen molar-refractivity contribution < 1.29 is 9.59 Å². The lowest BCUT2D eigenvalue weighted by Gasteiger charge is -2.14. The van der Waals surface area contributed by atoms with Crippen LogP contribution in [0.15, 0.2) is 78.9 Å². The van der Waals surface area contributed by atoms with Crippen LogP contribution in [0.5, 0.6) is 0 Å². The first-order valence-electron chi connectivity index (χ1n) is 11.0. The zero-order chi connectivity index (χ0) is 23.2. The van der Waals surface area contributed by atoms with Gasteiger partial charge in [0.25, 0.3) is 5.91 Å². The van der Waals surface area contributed by atoms with E-state index in [0.29, 0.717) is 29.1 Å². The van der Waals surface area contributed by atoms with E-state index >= 15 is 0 Å². The highest BCUT2D eigenvalue weighted by molar-refractivity contribution is 6.22. The number of aromatic nitrogens is 2. The quantitative estimate of drug-likeness (QED) is 0.394. The molecule has 1 amide bonds. The Hall–Kier alpha value is -3.99. The molecule has 0 atom stereocenters. The Kier molecular flexibility index (Phi) is 4.97. The number of rotatable bonds is 4. The lowest BCUT2D eigenvalue weighted by atomic mass is 9.92. The van der Waals surface area contributed by atoms with Crippen LogP contribution in [-0.4, -0.2) is 21.5 Å². The minimum atomic E-state index is -0.230. The summed E-state index contributed by atoms with van der Waals surface area (Å²) in [5, 5.41) is 7.76. The zero-order valence-corrected chi connectivity index (χ0v) is 18.9. The smallest absolute Gasteiger partial charge is 0.273 e. The summed E-state index contributed by atoms with van der Waals surface area (Å²) in [7, 11) is 0. The summed E-state index contributed by atoms with van der Waals surface area (Å²) < 4.78 is 1.76. The number of carbonyl (C=O) groups excluding carboxylic acids is 2. The molecule has 0 saturated heterocycles. The van der Waals surface area contributed by atoms with Crippen LogP contribution < -0.4 is 5.32 Å². The average Bonchev–Trinajstić information content (AvgIpc) is 3.35. The van der Waals surface area contributed by atoms with E-state index in [1.165, 1.54) is 0 Å². The molecule has 5 heteroatoms. The van der Waals surface area contributed by atoms with Gasteiger partial charge in [-0.15, -0.1) is 0 Å². The van der Waals surface area contributed by atoms with E-state index in [4.69, 9.17) is 5.10 Å². The molecule has 0 aliphatic heterocycles. The van der Waals surface area contributed by atoms with Gasteiger partial charge in [0.15, 0.2) is 5.78 Å². The maximum Gasteiger partial charge on any atom is 0.273 e. The van der Waals surface area contributed by atoms with Crippen LogP contribution in [0.4, 0.5) is 5.69 Å². The Labute approximate surface area is 193 Å². The highest BCUT2D eigenvalue weighted by Crippen LogP contribution is 2.38. The fourth-order valence-corrected chi connectivity index (χ4v) is 4.14. The van der Waals surface area contributed by atoms with Crippen LogP contribution in [0.1, 0.15) is 58.4 Å². The van der Waals surface area contributed by atoms with Gasteiger partial charge in [-0.05, 0) is 41.0 Å². The van der Waals surface area contributed by atoms with E-state index in [2.05, 4.69) is 26.1 Å². The van der Waals surface area contributed by atoms with Crippen molar-refractivity contribution in [2.24, 2.45) is 0 Å². The molecule has 5 nitrogen and oxygen atoms in total. The van der Waals surface area contributed by atoms with Crippen molar-refractivity contribution in [3.8, 4) is 11.1 Å². The van der Waals surface area contributed by atoms with Crippen molar-refractivity contribution in [1.29, 1.82) is 0 Å². The van der Waals surface area contributed by atoms with Crippen molar-refractivity contribution in [2.75, 3.05) is 5.32 Å². The van der Waals surface area contributed by atoms with Crippen LogP contribution in [0.2, 0.25) is 0 Å². The van der Waals surface area contributed by atoms with E-state index in [9.17, 15) is 9.59 Å². The van der Waals surface area contributed by atoms with Gasteiger partial charge in [-0.2, -0.15) is 5.10 Å². The number of ketones is 1. The molecule has 0 saturated carbocycles. The third-order valence-corrected chi connectivity index (χ3v) is 5.94. The molecule has 0 radical (unpaired) electrons. The monoisotopic (exact) mass is 435 g/mol. The predicted molar refractivity (Wildman–Crippen MR) is 130 cm³/mol. The Morgan fingerprint density at radius 3 is 2.24 bits per heavy atom. The maximum atomic E-state index is 13.3. The van der Waals surface area contributed by atoms with E-state index in [1.54, 1.807) is 16.8 Å². The first-order chi connectivity index (χ1) is 15.8. The predicted octanol–water partition coefficient (Wildman–Crippen LogP) is 5.69. The van der Waals surface area contributed by atoms with Crippen LogP contribution in [0, 0.1) is 0 Å². The molecule has 5 rings (SSSR count). The topological polar surface area (TPSA) is 64.0 Å². The van der Waals surface area contributed by atoms with Gasteiger partial charge in [-0.25, -0.2) is 0 Å². The lowest BCUT2D eigenvalue weighted by Crippen LogP contribution is -2.18. The molecule has 1 aliphatic rings. The zero-order valence-electron chi connectivity index (χ0n) is 18.9. The van der Waals surface area contributed by atoms with Gasteiger partial charge >= 0.3 is 0 Å². The summed E-state index contributed by atoms with van der Waals surface area (Å²) in [4.78, 5) is 26.0. The Morgan fingerprint density at radius 1 is 0.848 bits per heavy atom. The fourth-order valence-electron chi connectivity index (χ4n) is 4.14. The van der Waals surface area contributed by atoms with Crippen molar-refractivity contribution in [3.63, 3.8) is 0 Å².